The molecule has 0 radical (unpaired) electrons. The quantitative estimate of drug-likeness (QED) is 0.711. The Morgan fingerprint density at radius 3 is 3.00 bits per heavy atom. The van der Waals surface area contributed by atoms with Gasteiger partial charge in [-0.05, 0) is 12.8 Å². The van der Waals surface area contributed by atoms with Crippen molar-refractivity contribution in [1.29, 1.82) is 0 Å². The van der Waals surface area contributed by atoms with E-state index in [1.807, 2.05) is 9.80 Å². The average molecular weight is 267 g/mol. The molecule has 0 spiro atoms. The summed E-state index contributed by atoms with van der Waals surface area (Å²) in [6.45, 7) is 2.79. The van der Waals surface area contributed by atoms with E-state index in [0.29, 0.717) is 26.1 Å². The number of hydrogen-bond acceptors (Lipinski definition) is 4. The Kier molecular flexibility index (Phi) is 3.45. The van der Waals surface area contributed by atoms with Crippen LogP contribution < -0.4 is 5.32 Å². The fraction of sp³-hybridized carbons (Fsp3) is 0.846. The summed E-state index contributed by atoms with van der Waals surface area (Å²) < 4.78 is 5.28. The molecule has 106 valence electrons. The normalized spacial score (nSPS) is 34.8. The number of carbonyl (C=O) groups excluding carboxylic acids is 2. The summed E-state index contributed by atoms with van der Waals surface area (Å²) in [4.78, 5) is 27.9. The van der Waals surface area contributed by atoms with Crippen LogP contribution >= 0.6 is 0 Å². The maximum Gasteiger partial charge on any atom is 0.239 e. The van der Waals surface area contributed by atoms with Gasteiger partial charge in [-0.15, -0.1) is 0 Å². The van der Waals surface area contributed by atoms with E-state index in [9.17, 15) is 9.59 Å². The second-order valence-corrected chi connectivity index (χ2v) is 5.62. The first-order chi connectivity index (χ1) is 9.19. The highest BCUT2D eigenvalue weighted by molar-refractivity contribution is 5.83. The molecule has 3 unspecified atom stereocenters. The molecule has 3 fully saturated rings. The van der Waals surface area contributed by atoms with Gasteiger partial charge in [0.2, 0.25) is 11.8 Å². The summed E-state index contributed by atoms with van der Waals surface area (Å²) in [5, 5.41) is 3.23. The lowest BCUT2D eigenvalue weighted by Gasteiger charge is -2.38. The molecule has 1 N–H and O–H groups in total. The van der Waals surface area contributed by atoms with Gasteiger partial charge in [0.25, 0.3) is 0 Å². The van der Waals surface area contributed by atoms with E-state index < -0.39 is 0 Å². The number of fused-ring (bicyclic) bond motifs is 1. The SMILES string of the molecule is COC1CNC(C(=O)N2CCN3C(=O)CCC3C2)C1. The molecule has 0 bridgehead atoms. The first-order valence-electron chi connectivity index (χ1n) is 7.03. The second kappa shape index (κ2) is 5.09. The summed E-state index contributed by atoms with van der Waals surface area (Å²) in [6.07, 6.45) is 2.42. The van der Waals surface area contributed by atoms with Crippen LogP contribution in [0.25, 0.3) is 0 Å². The largest absolute Gasteiger partial charge is 0.380 e. The van der Waals surface area contributed by atoms with Gasteiger partial charge in [0.15, 0.2) is 0 Å². The van der Waals surface area contributed by atoms with Gasteiger partial charge in [-0.2, -0.15) is 0 Å². The maximum atomic E-state index is 12.4. The van der Waals surface area contributed by atoms with Crippen LogP contribution in [0.15, 0.2) is 0 Å². The summed E-state index contributed by atoms with van der Waals surface area (Å²) in [5.74, 6) is 0.411. The molecule has 3 aliphatic rings. The van der Waals surface area contributed by atoms with Gasteiger partial charge in [0.1, 0.15) is 0 Å². The molecular weight excluding hydrogens is 246 g/mol. The van der Waals surface area contributed by atoms with Crippen LogP contribution in [-0.2, 0) is 14.3 Å². The van der Waals surface area contributed by atoms with Crippen LogP contribution in [-0.4, -0.2) is 73.1 Å². The molecule has 2 amide bonds. The Labute approximate surface area is 113 Å². The lowest BCUT2D eigenvalue weighted by atomic mass is 10.1. The number of nitrogens with zero attached hydrogens (tertiary/aromatic N) is 2. The minimum Gasteiger partial charge on any atom is -0.380 e. The smallest absolute Gasteiger partial charge is 0.239 e. The third-order valence-corrected chi connectivity index (χ3v) is 4.53. The van der Waals surface area contributed by atoms with Crippen LogP contribution in [0.1, 0.15) is 19.3 Å². The summed E-state index contributed by atoms with van der Waals surface area (Å²) in [7, 11) is 1.68. The molecule has 3 atom stereocenters. The summed E-state index contributed by atoms with van der Waals surface area (Å²) in [5.41, 5.74) is 0. The van der Waals surface area contributed by atoms with Gasteiger partial charge in [-0.1, -0.05) is 0 Å². The van der Waals surface area contributed by atoms with E-state index in [1.165, 1.54) is 0 Å². The third kappa shape index (κ3) is 2.34. The summed E-state index contributed by atoms with van der Waals surface area (Å²) >= 11 is 0. The fourth-order valence-electron chi connectivity index (χ4n) is 3.36. The standard InChI is InChI=1S/C13H21N3O3/c1-19-10-6-11(14-7-10)13(18)15-4-5-16-9(8-15)2-3-12(16)17/h9-11,14H,2-8H2,1H3. The predicted molar refractivity (Wildman–Crippen MR) is 68.5 cm³/mol. The average Bonchev–Trinajstić information content (AvgIpc) is 3.05. The Hall–Kier alpha value is -1.14. The minimum absolute atomic E-state index is 0.117. The maximum absolute atomic E-state index is 12.4. The van der Waals surface area contributed by atoms with E-state index in [4.69, 9.17) is 4.74 Å². The Bertz CT molecular complexity index is 387. The van der Waals surface area contributed by atoms with Gasteiger partial charge in [0.05, 0.1) is 12.1 Å². The van der Waals surface area contributed by atoms with Gasteiger partial charge in [-0.25, -0.2) is 0 Å². The lowest BCUT2D eigenvalue weighted by molar-refractivity contribution is -0.140. The van der Waals surface area contributed by atoms with Crippen LogP contribution in [0.4, 0.5) is 0 Å². The van der Waals surface area contributed by atoms with E-state index in [0.717, 1.165) is 19.4 Å². The molecule has 0 aromatic heterocycles. The van der Waals surface area contributed by atoms with Gasteiger partial charge >= 0.3 is 0 Å². The van der Waals surface area contributed by atoms with Crippen molar-refractivity contribution in [3.05, 3.63) is 0 Å². The molecule has 3 saturated heterocycles. The number of carbonyl (C=O) groups is 2. The van der Waals surface area contributed by atoms with Crippen molar-refractivity contribution in [2.75, 3.05) is 33.3 Å². The first-order valence-corrected chi connectivity index (χ1v) is 7.03. The van der Waals surface area contributed by atoms with Crippen molar-refractivity contribution in [2.45, 2.75) is 37.5 Å². The number of amides is 2. The molecule has 0 aliphatic carbocycles. The molecule has 3 rings (SSSR count). The molecule has 19 heavy (non-hydrogen) atoms. The zero-order valence-electron chi connectivity index (χ0n) is 11.3. The highest BCUT2D eigenvalue weighted by Crippen LogP contribution is 2.24. The summed E-state index contributed by atoms with van der Waals surface area (Å²) in [6, 6.07) is 0.124. The van der Waals surface area contributed by atoms with Crippen molar-refractivity contribution >= 4 is 11.8 Å². The zero-order chi connectivity index (χ0) is 13.4. The molecule has 0 aromatic carbocycles. The Morgan fingerprint density at radius 1 is 1.42 bits per heavy atom. The van der Waals surface area contributed by atoms with E-state index in [2.05, 4.69) is 5.32 Å². The number of rotatable bonds is 2. The molecule has 3 aliphatic heterocycles. The lowest BCUT2D eigenvalue weighted by Crippen LogP contribution is -2.56. The first kappa shape index (κ1) is 12.9. The number of ether oxygens (including phenoxy) is 1. The number of hydrogen-bond donors (Lipinski definition) is 1. The number of piperazine rings is 1. The van der Waals surface area contributed by atoms with Crippen molar-refractivity contribution in [3.8, 4) is 0 Å². The highest BCUT2D eigenvalue weighted by atomic mass is 16.5. The van der Waals surface area contributed by atoms with Crippen LogP contribution in [0, 0.1) is 0 Å². The van der Waals surface area contributed by atoms with Gasteiger partial charge in [-0.3, -0.25) is 9.59 Å². The van der Waals surface area contributed by atoms with Gasteiger partial charge < -0.3 is 19.9 Å². The highest BCUT2D eigenvalue weighted by Gasteiger charge is 2.39. The van der Waals surface area contributed by atoms with E-state index in [-0.39, 0.29) is 30.0 Å². The molecule has 0 saturated carbocycles. The predicted octanol–water partition coefficient (Wildman–Crippen LogP) is -0.803. The molecule has 3 heterocycles. The molecule has 6 nitrogen and oxygen atoms in total. The van der Waals surface area contributed by atoms with Crippen molar-refractivity contribution in [2.24, 2.45) is 0 Å². The van der Waals surface area contributed by atoms with Gasteiger partial charge in [0, 0.05) is 45.8 Å². The second-order valence-electron chi connectivity index (χ2n) is 5.62. The topological polar surface area (TPSA) is 61.9 Å². The van der Waals surface area contributed by atoms with Crippen LogP contribution in [0.2, 0.25) is 0 Å². The van der Waals surface area contributed by atoms with Crippen LogP contribution in [0.3, 0.4) is 0 Å². The minimum atomic E-state index is -0.117. The molecule has 0 aromatic rings. The number of nitrogens with one attached hydrogen (secondary N) is 1. The molecule has 6 heteroatoms. The Balaban J connectivity index is 1.58. The Morgan fingerprint density at radius 2 is 2.26 bits per heavy atom. The van der Waals surface area contributed by atoms with Crippen molar-refractivity contribution < 1.29 is 14.3 Å². The van der Waals surface area contributed by atoms with E-state index in [1.54, 1.807) is 7.11 Å². The van der Waals surface area contributed by atoms with Crippen LogP contribution in [0.5, 0.6) is 0 Å². The fourth-order valence-corrected chi connectivity index (χ4v) is 3.36. The number of methoxy groups -OCH3 is 1. The third-order valence-electron chi connectivity index (χ3n) is 4.53. The van der Waals surface area contributed by atoms with Crippen molar-refractivity contribution in [1.82, 2.24) is 15.1 Å². The zero-order valence-corrected chi connectivity index (χ0v) is 11.3. The monoisotopic (exact) mass is 267 g/mol. The van der Waals surface area contributed by atoms with Crippen molar-refractivity contribution in [3.63, 3.8) is 0 Å². The molecular formula is C13H21N3O3. The van der Waals surface area contributed by atoms with E-state index >= 15 is 0 Å².